The number of nitro benzene ring substituents is 1. The molecule has 0 saturated heterocycles. The number of amides is 1. The van der Waals surface area contributed by atoms with Crippen molar-refractivity contribution in [3.05, 3.63) is 62.1 Å². The predicted molar refractivity (Wildman–Crippen MR) is 100 cm³/mol. The number of halogens is 2. The number of hydrazone groups is 1. The Hall–Kier alpha value is -2.84. The minimum atomic E-state index is -0.770. The third-order valence-corrected chi connectivity index (χ3v) is 3.71. The second-order valence-corrected chi connectivity index (χ2v) is 6.10. The number of nitrogens with one attached hydrogen (secondary N) is 2. The third kappa shape index (κ3) is 5.08. The maximum Gasteiger partial charge on any atom is 0.312 e. The van der Waals surface area contributed by atoms with Gasteiger partial charge in [-0.1, -0.05) is 29.3 Å². The van der Waals surface area contributed by atoms with Crippen LogP contribution >= 0.6 is 23.2 Å². The maximum atomic E-state index is 12.0. The van der Waals surface area contributed by atoms with Gasteiger partial charge in [0.25, 0.3) is 5.91 Å². The summed E-state index contributed by atoms with van der Waals surface area (Å²) in [6.45, 7) is 1.62. The number of hydrogen-bond acceptors (Lipinski definition) is 6. The number of anilines is 1. The molecular formula is C16H14Cl2N4O4. The van der Waals surface area contributed by atoms with Crippen molar-refractivity contribution < 1.29 is 14.8 Å². The first-order chi connectivity index (χ1) is 12.3. The third-order valence-electron chi connectivity index (χ3n) is 3.26. The number of carbonyl (C=O) groups excluding carboxylic acids is 1. The number of aromatic hydroxyl groups is 1. The average molecular weight is 397 g/mol. The summed E-state index contributed by atoms with van der Waals surface area (Å²) in [5.74, 6) is -1.06. The van der Waals surface area contributed by atoms with Crippen LogP contribution in [0.3, 0.4) is 0 Å². The minimum absolute atomic E-state index is 0.0000431. The summed E-state index contributed by atoms with van der Waals surface area (Å²) < 4.78 is 0. The Morgan fingerprint density at radius 1 is 1.31 bits per heavy atom. The normalized spacial score (nSPS) is 12.0. The summed E-state index contributed by atoms with van der Waals surface area (Å²) in [5.41, 5.74) is 2.38. The van der Waals surface area contributed by atoms with Crippen LogP contribution in [-0.4, -0.2) is 28.2 Å². The monoisotopic (exact) mass is 396 g/mol. The van der Waals surface area contributed by atoms with E-state index in [1.54, 1.807) is 31.2 Å². The molecular weight excluding hydrogens is 383 g/mol. The van der Waals surface area contributed by atoms with Crippen molar-refractivity contribution >= 4 is 46.7 Å². The summed E-state index contributed by atoms with van der Waals surface area (Å²) in [6.07, 6.45) is 1.07. The number of rotatable bonds is 6. The zero-order chi connectivity index (χ0) is 19.3. The standard InChI is InChI=1S/C16H14Cl2N4O4/c1-9(20-13-4-2-3-11(17)6-13)16(24)21-19-8-10-5-12(18)7-14(15(10)23)22(25)26/h2-9,20,23H,1H3,(H,21,24)/t9-/m1/s1. The van der Waals surface area contributed by atoms with Crippen LogP contribution in [-0.2, 0) is 4.79 Å². The Balaban J connectivity index is 2.03. The van der Waals surface area contributed by atoms with Gasteiger partial charge in [-0.3, -0.25) is 14.9 Å². The van der Waals surface area contributed by atoms with Crippen molar-refractivity contribution in [3.8, 4) is 5.75 Å². The van der Waals surface area contributed by atoms with Gasteiger partial charge in [0, 0.05) is 27.4 Å². The largest absolute Gasteiger partial charge is 0.502 e. The zero-order valence-electron chi connectivity index (χ0n) is 13.4. The Morgan fingerprint density at radius 2 is 2.04 bits per heavy atom. The molecule has 0 radical (unpaired) electrons. The van der Waals surface area contributed by atoms with Crippen LogP contribution in [0.1, 0.15) is 12.5 Å². The fraction of sp³-hybridized carbons (Fsp3) is 0.125. The zero-order valence-corrected chi connectivity index (χ0v) is 15.0. The van der Waals surface area contributed by atoms with Crippen molar-refractivity contribution in [2.75, 3.05) is 5.32 Å². The molecule has 0 unspecified atom stereocenters. The highest BCUT2D eigenvalue weighted by molar-refractivity contribution is 6.31. The van der Waals surface area contributed by atoms with E-state index in [-0.39, 0.29) is 10.6 Å². The van der Waals surface area contributed by atoms with E-state index >= 15 is 0 Å². The molecule has 0 aromatic heterocycles. The van der Waals surface area contributed by atoms with Gasteiger partial charge in [-0.25, -0.2) is 5.43 Å². The number of benzene rings is 2. The summed E-state index contributed by atoms with van der Waals surface area (Å²) in [7, 11) is 0. The molecule has 0 heterocycles. The van der Waals surface area contributed by atoms with Gasteiger partial charge in [-0.05, 0) is 31.2 Å². The lowest BCUT2D eigenvalue weighted by molar-refractivity contribution is -0.385. The Morgan fingerprint density at radius 3 is 2.69 bits per heavy atom. The summed E-state index contributed by atoms with van der Waals surface area (Å²) in [4.78, 5) is 22.1. The van der Waals surface area contributed by atoms with Crippen molar-refractivity contribution in [1.82, 2.24) is 5.43 Å². The molecule has 0 fully saturated rings. The highest BCUT2D eigenvalue weighted by Crippen LogP contribution is 2.32. The fourth-order valence-corrected chi connectivity index (χ4v) is 2.41. The second kappa shape index (κ2) is 8.50. The molecule has 2 rings (SSSR count). The number of phenolic OH excluding ortho intramolecular Hbond substituents is 1. The summed E-state index contributed by atoms with van der Waals surface area (Å²) >= 11 is 11.7. The number of nitro groups is 1. The van der Waals surface area contributed by atoms with E-state index in [4.69, 9.17) is 23.2 Å². The molecule has 8 nitrogen and oxygen atoms in total. The highest BCUT2D eigenvalue weighted by atomic mass is 35.5. The van der Waals surface area contributed by atoms with Crippen molar-refractivity contribution in [3.63, 3.8) is 0 Å². The molecule has 0 aliphatic rings. The topological polar surface area (TPSA) is 117 Å². The Bertz CT molecular complexity index is 873. The quantitative estimate of drug-likeness (QED) is 0.392. The van der Waals surface area contributed by atoms with Crippen LogP contribution in [0.2, 0.25) is 10.0 Å². The molecule has 26 heavy (non-hydrogen) atoms. The van der Waals surface area contributed by atoms with Crippen LogP contribution in [0, 0.1) is 10.1 Å². The number of carbonyl (C=O) groups is 1. The molecule has 0 spiro atoms. The first kappa shape index (κ1) is 19.5. The summed E-state index contributed by atoms with van der Waals surface area (Å²) in [6, 6.07) is 8.53. The summed E-state index contributed by atoms with van der Waals surface area (Å²) in [5, 5.41) is 27.9. The van der Waals surface area contributed by atoms with Gasteiger partial charge < -0.3 is 10.4 Å². The van der Waals surface area contributed by atoms with Crippen LogP contribution in [0.15, 0.2) is 41.5 Å². The fourth-order valence-electron chi connectivity index (χ4n) is 2.00. The van der Waals surface area contributed by atoms with Gasteiger partial charge >= 0.3 is 5.69 Å². The molecule has 3 N–H and O–H groups in total. The first-order valence-electron chi connectivity index (χ1n) is 7.30. The van der Waals surface area contributed by atoms with Crippen molar-refractivity contribution in [2.45, 2.75) is 13.0 Å². The molecule has 0 saturated carbocycles. The van der Waals surface area contributed by atoms with Crippen molar-refractivity contribution in [1.29, 1.82) is 0 Å². The van der Waals surface area contributed by atoms with Crippen LogP contribution < -0.4 is 10.7 Å². The highest BCUT2D eigenvalue weighted by Gasteiger charge is 2.18. The molecule has 0 aliphatic heterocycles. The Kier molecular flexibility index (Phi) is 6.37. The van der Waals surface area contributed by atoms with Gasteiger partial charge in [0.2, 0.25) is 5.75 Å². The van der Waals surface area contributed by atoms with E-state index in [0.29, 0.717) is 10.7 Å². The van der Waals surface area contributed by atoms with Gasteiger partial charge in [-0.2, -0.15) is 5.10 Å². The minimum Gasteiger partial charge on any atom is -0.502 e. The number of hydrogen-bond donors (Lipinski definition) is 3. The van der Waals surface area contributed by atoms with Crippen LogP contribution in [0.25, 0.3) is 0 Å². The average Bonchev–Trinajstić information content (AvgIpc) is 2.57. The van der Waals surface area contributed by atoms with E-state index in [1.807, 2.05) is 0 Å². The predicted octanol–water partition coefficient (Wildman–Crippen LogP) is 3.56. The first-order valence-corrected chi connectivity index (χ1v) is 8.05. The molecule has 1 amide bonds. The molecule has 136 valence electrons. The van der Waals surface area contributed by atoms with Gasteiger partial charge in [-0.15, -0.1) is 0 Å². The van der Waals surface area contributed by atoms with E-state index < -0.39 is 28.3 Å². The SMILES string of the molecule is C[C@@H](Nc1cccc(Cl)c1)C(=O)NN=Cc1cc(Cl)cc([N+](=O)[O-])c1O. The Labute approximate surface area is 158 Å². The van der Waals surface area contributed by atoms with E-state index in [0.717, 1.165) is 12.3 Å². The van der Waals surface area contributed by atoms with Crippen LogP contribution in [0.5, 0.6) is 5.75 Å². The number of nitrogens with zero attached hydrogens (tertiary/aromatic N) is 2. The lowest BCUT2D eigenvalue weighted by Gasteiger charge is -2.13. The smallest absolute Gasteiger partial charge is 0.312 e. The van der Waals surface area contributed by atoms with Crippen molar-refractivity contribution in [2.24, 2.45) is 5.10 Å². The van der Waals surface area contributed by atoms with E-state index in [2.05, 4.69) is 15.8 Å². The van der Waals surface area contributed by atoms with Gasteiger partial charge in [0.1, 0.15) is 6.04 Å². The van der Waals surface area contributed by atoms with Gasteiger partial charge in [0.05, 0.1) is 11.1 Å². The number of phenols is 1. The molecule has 10 heteroatoms. The second-order valence-electron chi connectivity index (χ2n) is 5.23. The van der Waals surface area contributed by atoms with E-state index in [1.165, 1.54) is 6.07 Å². The molecule has 2 aromatic rings. The molecule has 2 aromatic carbocycles. The van der Waals surface area contributed by atoms with Gasteiger partial charge in [0.15, 0.2) is 0 Å². The molecule has 0 aliphatic carbocycles. The lowest BCUT2D eigenvalue weighted by Crippen LogP contribution is -2.34. The lowest BCUT2D eigenvalue weighted by atomic mass is 10.2. The van der Waals surface area contributed by atoms with E-state index in [9.17, 15) is 20.0 Å². The maximum absolute atomic E-state index is 12.0. The molecule has 0 bridgehead atoms. The molecule has 1 atom stereocenters. The van der Waals surface area contributed by atoms with Crippen LogP contribution in [0.4, 0.5) is 11.4 Å².